The number of rotatable bonds is 6. The van der Waals surface area contributed by atoms with E-state index in [1.54, 1.807) is 36.1 Å². The molecule has 1 saturated heterocycles. The minimum atomic E-state index is -1.34. The fourth-order valence-corrected chi connectivity index (χ4v) is 4.24. The van der Waals surface area contributed by atoms with Crippen molar-refractivity contribution >= 4 is 12.1 Å². The Balaban J connectivity index is 1.55. The molecule has 1 amide bonds. The molecule has 0 spiro atoms. The number of pyridine rings is 1. The largest absolute Gasteiger partial charge is 0.481 e. The topological polar surface area (TPSA) is 115 Å². The van der Waals surface area contributed by atoms with E-state index in [1.165, 1.54) is 12.1 Å². The van der Waals surface area contributed by atoms with Crippen molar-refractivity contribution in [2.45, 2.75) is 44.8 Å². The van der Waals surface area contributed by atoms with Gasteiger partial charge in [0.25, 0.3) is 0 Å². The molecule has 2 aromatic rings. The maximum atomic E-state index is 13.4. The summed E-state index contributed by atoms with van der Waals surface area (Å²) in [4.78, 5) is 30.6. The van der Waals surface area contributed by atoms with E-state index < -0.39 is 17.0 Å². The lowest BCUT2D eigenvalue weighted by molar-refractivity contribution is -0.142. The number of carbonyl (C=O) groups excluding carboxylic acids is 1. The number of nitrogens with zero attached hydrogens (tertiary/aromatic N) is 2. The smallest absolute Gasteiger partial charge is 0.410 e. The van der Waals surface area contributed by atoms with Crippen molar-refractivity contribution in [3.8, 4) is 17.1 Å². The summed E-state index contributed by atoms with van der Waals surface area (Å²) < 4.78 is 25.0. The standard InChI is InChI=1S/C25H30FN3O5/c1-24(2,3)34-23(32)29-11-17-18(12-29)21(17)33-20-10-15(25(4,13-27)22(30)31)9-19(28-20)14-5-7-16(26)8-6-14/h5-10,17-18,21H,11-13,27H2,1-4H3,(H,30,31)/t17-,18+,21-,25?. The number of carboxylic acid groups (broad SMARTS) is 1. The zero-order valence-electron chi connectivity index (χ0n) is 19.7. The molecule has 1 unspecified atom stereocenters. The van der Waals surface area contributed by atoms with E-state index in [4.69, 9.17) is 15.2 Å². The lowest BCUT2D eigenvalue weighted by Crippen LogP contribution is -2.40. The minimum absolute atomic E-state index is 0.117. The number of hydrogen-bond donors (Lipinski definition) is 2. The SMILES string of the molecule is CC(C)(C)OC(=O)N1C[C@@H]2[C@H](C1)[C@@H]2Oc1cc(C(C)(CN)C(=O)O)cc(-c2ccc(F)cc2)n1. The Morgan fingerprint density at radius 3 is 2.29 bits per heavy atom. The highest BCUT2D eigenvalue weighted by Crippen LogP contribution is 2.48. The van der Waals surface area contributed by atoms with Gasteiger partial charge in [0.1, 0.15) is 22.9 Å². The molecule has 1 saturated carbocycles. The second-order valence-corrected chi connectivity index (χ2v) is 10.2. The van der Waals surface area contributed by atoms with Gasteiger partial charge >= 0.3 is 12.1 Å². The molecule has 3 N–H and O–H groups in total. The molecule has 0 bridgehead atoms. The van der Waals surface area contributed by atoms with Crippen molar-refractivity contribution in [3.63, 3.8) is 0 Å². The van der Waals surface area contributed by atoms with Crippen LogP contribution < -0.4 is 10.5 Å². The van der Waals surface area contributed by atoms with Crippen molar-refractivity contribution < 1.29 is 28.6 Å². The summed E-state index contributed by atoms with van der Waals surface area (Å²) in [7, 11) is 0. The molecule has 9 heteroatoms. The molecule has 4 rings (SSSR count). The van der Waals surface area contributed by atoms with E-state index in [9.17, 15) is 19.1 Å². The van der Waals surface area contributed by atoms with Crippen LogP contribution in [0.15, 0.2) is 36.4 Å². The van der Waals surface area contributed by atoms with Gasteiger partial charge in [-0.1, -0.05) is 0 Å². The van der Waals surface area contributed by atoms with Crippen LogP contribution in [0.2, 0.25) is 0 Å². The number of fused-ring (bicyclic) bond motifs is 1. The Morgan fingerprint density at radius 1 is 1.15 bits per heavy atom. The van der Waals surface area contributed by atoms with Crippen LogP contribution in [0.4, 0.5) is 9.18 Å². The van der Waals surface area contributed by atoms with E-state index in [0.29, 0.717) is 29.9 Å². The summed E-state index contributed by atoms with van der Waals surface area (Å²) in [6.45, 7) is 7.99. The van der Waals surface area contributed by atoms with E-state index in [0.717, 1.165) is 0 Å². The second kappa shape index (κ2) is 8.54. The van der Waals surface area contributed by atoms with Crippen molar-refractivity contribution in [2.75, 3.05) is 19.6 Å². The molecule has 182 valence electrons. The normalized spacial score (nSPS) is 23.1. The number of nitrogens with two attached hydrogens (primary N) is 1. The zero-order chi connectivity index (χ0) is 24.8. The molecule has 1 aromatic carbocycles. The van der Waals surface area contributed by atoms with Gasteiger partial charge in [-0.2, -0.15) is 0 Å². The molecule has 2 fully saturated rings. The van der Waals surface area contributed by atoms with Crippen LogP contribution >= 0.6 is 0 Å². The molecular weight excluding hydrogens is 441 g/mol. The predicted octanol–water partition coefficient (Wildman–Crippen LogP) is 3.43. The van der Waals surface area contributed by atoms with Gasteiger partial charge in [-0.25, -0.2) is 14.2 Å². The third-order valence-corrected chi connectivity index (χ3v) is 6.48. The summed E-state index contributed by atoms with van der Waals surface area (Å²) in [6, 6.07) is 9.06. The Kier molecular flexibility index (Phi) is 6.01. The van der Waals surface area contributed by atoms with E-state index in [1.807, 2.05) is 20.8 Å². The number of halogens is 1. The number of carboxylic acids is 1. The van der Waals surface area contributed by atoms with Gasteiger partial charge in [-0.05, 0) is 63.6 Å². The van der Waals surface area contributed by atoms with Gasteiger partial charge in [0.15, 0.2) is 0 Å². The van der Waals surface area contributed by atoms with Crippen molar-refractivity contribution in [3.05, 3.63) is 47.8 Å². The molecule has 4 atom stereocenters. The molecule has 34 heavy (non-hydrogen) atoms. The maximum absolute atomic E-state index is 13.4. The molecule has 1 aliphatic heterocycles. The van der Waals surface area contributed by atoms with Crippen LogP contribution in [-0.4, -0.2) is 58.4 Å². The van der Waals surface area contributed by atoms with Crippen LogP contribution in [0.5, 0.6) is 5.88 Å². The zero-order valence-corrected chi connectivity index (χ0v) is 19.7. The third-order valence-electron chi connectivity index (χ3n) is 6.48. The first-order valence-electron chi connectivity index (χ1n) is 11.3. The highest BCUT2D eigenvalue weighted by molar-refractivity contribution is 5.82. The fraction of sp³-hybridized carbons (Fsp3) is 0.480. The number of likely N-dealkylation sites (tertiary alicyclic amines) is 1. The quantitative estimate of drug-likeness (QED) is 0.663. The molecule has 1 aliphatic carbocycles. The van der Waals surface area contributed by atoms with E-state index in [-0.39, 0.29) is 42.3 Å². The summed E-state index contributed by atoms with van der Waals surface area (Å²) in [5.41, 5.74) is 5.48. The average molecular weight is 472 g/mol. The summed E-state index contributed by atoms with van der Waals surface area (Å²) in [6.07, 6.45) is -0.464. The number of ether oxygens (including phenoxy) is 2. The maximum Gasteiger partial charge on any atom is 0.410 e. The van der Waals surface area contributed by atoms with Gasteiger partial charge in [0.2, 0.25) is 5.88 Å². The van der Waals surface area contributed by atoms with Crippen molar-refractivity contribution in [1.82, 2.24) is 9.88 Å². The molecule has 1 aromatic heterocycles. The number of aliphatic carboxylic acids is 1. The first-order chi connectivity index (χ1) is 15.9. The molecule has 2 aliphatic rings. The second-order valence-electron chi connectivity index (χ2n) is 10.2. The van der Waals surface area contributed by atoms with Gasteiger partial charge in [-0.15, -0.1) is 0 Å². The number of carbonyl (C=O) groups is 2. The number of aromatic nitrogens is 1. The Hall–Kier alpha value is -3.20. The Morgan fingerprint density at radius 2 is 1.76 bits per heavy atom. The lowest BCUT2D eigenvalue weighted by atomic mass is 9.82. The molecule has 8 nitrogen and oxygen atoms in total. The third kappa shape index (κ3) is 4.70. The van der Waals surface area contributed by atoms with Crippen LogP contribution in [0, 0.1) is 17.7 Å². The Bertz CT molecular complexity index is 1090. The fourth-order valence-electron chi connectivity index (χ4n) is 4.24. The van der Waals surface area contributed by atoms with Crippen molar-refractivity contribution in [1.29, 1.82) is 0 Å². The average Bonchev–Trinajstić information content (AvgIpc) is 3.19. The van der Waals surface area contributed by atoms with Crippen LogP contribution in [0.3, 0.4) is 0 Å². The van der Waals surface area contributed by atoms with Crippen LogP contribution in [0.25, 0.3) is 11.3 Å². The van der Waals surface area contributed by atoms with Gasteiger partial charge in [0.05, 0.1) is 5.69 Å². The first-order valence-corrected chi connectivity index (χ1v) is 11.3. The molecule has 0 radical (unpaired) electrons. The number of hydrogen-bond acceptors (Lipinski definition) is 6. The van der Waals surface area contributed by atoms with Crippen LogP contribution in [-0.2, 0) is 14.9 Å². The monoisotopic (exact) mass is 471 g/mol. The predicted molar refractivity (Wildman–Crippen MR) is 123 cm³/mol. The number of benzene rings is 1. The first kappa shape index (κ1) is 23.9. The van der Waals surface area contributed by atoms with Gasteiger partial charge < -0.3 is 25.2 Å². The lowest BCUT2D eigenvalue weighted by Gasteiger charge is -2.26. The van der Waals surface area contributed by atoms with Crippen molar-refractivity contribution in [2.24, 2.45) is 17.6 Å². The highest BCUT2D eigenvalue weighted by atomic mass is 19.1. The van der Waals surface area contributed by atoms with Crippen LogP contribution in [0.1, 0.15) is 33.3 Å². The summed E-state index contributed by atoms with van der Waals surface area (Å²) >= 11 is 0. The van der Waals surface area contributed by atoms with E-state index >= 15 is 0 Å². The highest BCUT2D eigenvalue weighted by Gasteiger charge is 2.59. The molecular formula is C25H30FN3O5. The summed E-state index contributed by atoms with van der Waals surface area (Å²) in [5, 5.41) is 9.82. The van der Waals surface area contributed by atoms with Gasteiger partial charge in [-0.3, -0.25) is 4.79 Å². The minimum Gasteiger partial charge on any atom is -0.481 e. The number of amides is 1. The Labute approximate surface area is 197 Å². The van der Waals surface area contributed by atoms with E-state index in [2.05, 4.69) is 4.98 Å². The van der Waals surface area contributed by atoms with Gasteiger partial charge in [0, 0.05) is 43.1 Å². The molecule has 2 heterocycles. The number of piperidine rings is 1. The summed E-state index contributed by atoms with van der Waals surface area (Å²) in [5.74, 6) is -0.844.